The van der Waals surface area contributed by atoms with Crippen molar-refractivity contribution in [2.24, 2.45) is 0 Å². The molecule has 0 fully saturated rings. The Morgan fingerprint density at radius 1 is 0.524 bits per heavy atom. The first-order valence-corrected chi connectivity index (χ1v) is 14.9. The second-order valence-corrected chi connectivity index (χ2v) is 10.8. The summed E-state index contributed by atoms with van der Waals surface area (Å²) in [6.45, 7) is 10.5. The third-order valence-electron chi connectivity index (χ3n) is 8.26. The minimum absolute atomic E-state index is 1.02. The smallest absolute Gasteiger partial charge is 0.00991 e. The van der Waals surface area contributed by atoms with Gasteiger partial charge in [-0.2, -0.15) is 0 Å². The van der Waals surface area contributed by atoms with Crippen molar-refractivity contribution >= 4 is 39.8 Å². The number of allylic oxidation sites excluding steroid dienone is 2. The number of hydrogen-bond acceptors (Lipinski definition) is 0. The summed E-state index contributed by atoms with van der Waals surface area (Å²) in [6, 6.07) is 40.1. The van der Waals surface area contributed by atoms with Crippen LogP contribution in [-0.4, -0.2) is 0 Å². The van der Waals surface area contributed by atoms with Gasteiger partial charge in [-0.3, -0.25) is 0 Å². The molecule has 6 aromatic rings. The number of fused-ring (bicyclic) bond motifs is 2. The van der Waals surface area contributed by atoms with E-state index in [9.17, 15) is 0 Å². The first kappa shape index (κ1) is 27.2. The lowest BCUT2D eigenvalue weighted by atomic mass is 9.89. The highest BCUT2D eigenvalue weighted by molar-refractivity contribution is 6.00. The van der Waals surface area contributed by atoms with Gasteiger partial charge >= 0.3 is 0 Å². The minimum atomic E-state index is 1.02. The average molecular weight is 541 g/mol. The quantitative estimate of drug-likeness (QED) is 0.189. The lowest BCUT2D eigenvalue weighted by Crippen LogP contribution is -1.91. The molecule has 0 aromatic heterocycles. The predicted octanol–water partition coefficient (Wildman–Crippen LogP) is 12.3. The first-order valence-electron chi connectivity index (χ1n) is 14.9. The van der Waals surface area contributed by atoms with Crippen molar-refractivity contribution in [3.63, 3.8) is 0 Å². The summed E-state index contributed by atoms with van der Waals surface area (Å²) < 4.78 is 0. The largest absolute Gasteiger partial charge is 0.0984 e. The van der Waals surface area contributed by atoms with Crippen LogP contribution >= 0.6 is 0 Å². The molecule has 6 aromatic carbocycles. The highest BCUT2D eigenvalue weighted by Gasteiger charge is 2.12. The zero-order valence-corrected chi connectivity index (χ0v) is 24.7. The summed E-state index contributed by atoms with van der Waals surface area (Å²) in [5, 5.41) is 5.05. The SMILES string of the molecule is C=Cc1c(/C=C\C)c(-c2ccc(-c3cccc(-c4ccc5ccc(CC)c(/C=C\C)c5c4)c3)cc2)cc2ccccc12. The summed E-state index contributed by atoms with van der Waals surface area (Å²) in [6.07, 6.45) is 11.7. The van der Waals surface area contributed by atoms with E-state index < -0.39 is 0 Å². The molecule has 0 unspecified atom stereocenters. The summed E-state index contributed by atoms with van der Waals surface area (Å²) >= 11 is 0. The summed E-state index contributed by atoms with van der Waals surface area (Å²) in [5.74, 6) is 0. The van der Waals surface area contributed by atoms with E-state index >= 15 is 0 Å². The molecule has 0 aliphatic heterocycles. The van der Waals surface area contributed by atoms with Gasteiger partial charge < -0.3 is 0 Å². The highest BCUT2D eigenvalue weighted by atomic mass is 14.2. The van der Waals surface area contributed by atoms with Gasteiger partial charge in [0.15, 0.2) is 0 Å². The van der Waals surface area contributed by atoms with E-state index in [2.05, 4.69) is 161 Å². The maximum Gasteiger partial charge on any atom is -0.00991 e. The van der Waals surface area contributed by atoms with Gasteiger partial charge in [0.1, 0.15) is 0 Å². The van der Waals surface area contributed by atoms with Gasteiger partial charge in [0.25, 0.3) is 0 Å². The van der Waals surface area contributed by atoms with E-state index in [1.54, 1.807) is 0 Å². The minimum Gasteiger partial charge on any atom is -0.0984 e. The Balaban J connectivity index is 1.40. The fourth-order valence-electron chi connectivity index (χ4n) is 6.16. The van der Waals surface area contributed by atoms with Crippen molar-refractivity contribution < 1.29 is 0 Å². The Kier molecular flexibility index (Phi) is 7.71. The summed E-state index contributed by atoms with van der Waals surface area (Å²) in [7, 11) is 0. The van der Waals surface area contributed by atoms with E-state index in [0.29, 0.717) is 0 Å². The van der Waals surface area contributed by atoms with Gasteiger partial charge in [-0.25, -0.2) is 0 Å². The van der Waals surface area contributed by atoms with E-state index in [-0.39, 0.29) is 0 Å². The second-order valence-electron chi connectivity index (χ2n) is 10.8. The van der Waals surface area contributed by atoms with Gasteiger partial charge in [0.05, 0.1) is 0 Å². The Morgan fingerprint density at radius 2 is 1.17 bits per heavy atom. The molecule has 204 valence electrons. The third kappa shape index (κ3) is 5.01. The fraction of sp³-hybridized carbons (Fsp3) is 0.0952. The molecule has 0 bridgehead atoms. The number of hydrogen-bond donors (Lipinski definition) is 0. The number of benzene rings is 6. The molecule has 0 saturated carbocycles. The summed E-state index contributed by atoms with van der Waals surface area (Å²) in [4.78, 5) is 0. The standard InChI is InChI=1S/C42H36/c1-5-12-38-29(7-3)18-21-31-24-25-35(27-41(31)38)34-16-11-15-33(26-34)30-19-22-32(23-20-30)42-28-36-14-9-10-17-39(36)37(8-4)40(42)13-6-2/h5-6,8-28H,4,7H2,1-3H3/b12-5-,13-6-. The molecule has 0 nitrogen and oxygen atoms in total. The van der Waals surface area contributed by atoms with Crippen LogP contribution in [0.4, 0.5) is 0 Å². The zero-order valence-electron chi connectivity index (χ0n) is 24.7. The van der Waals surface area contributed by atoms with Crippen LogP contribution in [0.15, 0.2) is 128 Å². The Bertz CT molecular complexity index is 1980. The van der Waals surface area contributed by atoms with Crippen LogP contribution in [-0.2, 0) is 6.42 Å². The summed E-state index contributed by atoms with van der Waals surface area (Å²) in [5.41, 5.74) is 12.4. The molecule has 0 heterocycles. The van der Waals surface area contributed by atoms with Crippen LogP contribution < -0.4 is 0 Å². The monoisotopic (exact) mass is 540 g/mol. The van der Waals surface area contributed by atoms with Crippen molar-refractivity contribution in [1.82, 2.24) is 0 Å². The molecule has 0 heteroatoms. The van der Waals surface area contributed by atoms with Crippen LogP contribution in [0.1, 0.15) is 43.0 Å². The van der Waals surface area contributed by atoms with Crippen LogP contribution in [0.5, 0.6) is 0 Å². The van der Waals surface area contributed by atoms with Crippen LogP contribution in [0.25, 0.3) is 73.2 Å². The molecule has 6 rings (SSSR count). The van der Waals surface area contributed by atoms with Gasteiger partial charge in [0.2, 0.25) is 0 Å². The van der Waals surface area contributed by atoms with E-state index in [4.69, 9.17) is 0 Å². The topological polar surface area (TPSA) is 0 Å². The van der Waals surface area contributed by atoms with Gasteiger partial charge in [-0.05, 0) is 116 Å². The van der Waals surface area contributed by atoms with Gasteiger partial charge in [0, 0.05) is 0 Å². The predicted molar refractivity (Wildman–Crippen MR) is 187 cm³/mol. The van der Waals surface area contributed by atoms with Crippen molar-refractivity contribution in [1.29, 1.82) is 0 Å². The maximum atomic E-state index is 4.15. The fourth-order valence-corrected chi connectivity index (χ4v) is 6.16. The number of aryl methyl sites for hydroxylation is 1. The molecule has 0 spiro atoms. The van der Waals surface area contributed by atoms with E-state index in [0.717, 1.165) is 6.42 Å². The van der Waals surface area contributed by atoms with Gasteiger partial charge in [-0.15, -0.1) is 0 Å². The van der Waals surface area contributed by atoms with Crippen molar-refractivity contribution in [2.45, 2.75) is 27.2 Å². The Morgan fingerprint density at radius 3 is 1.90 bits per heavy atom. The van der Waals surface area contributed by atoms with Crippen LogP contribution in [0, 0.1) is 0 Å². The van der Waals surface area contributed by atoms with Crippen LogP contribution in [0.3, 0.4) is 0 Å². The molecule has 0 radical (unpaired) electrons. The molecule has 0 amide bonds. The number of rotatable bonds is 7. The molecular formula is C42H36. The van der Waals surface area contributed by atoms with Crippen LogP contribution in [0.2, 0.25) is 0 Å². The molecule has 0 saturated heterocycles. The first-order chi connectivity index (χ1) is 20.6. The second kappa shape index (κ2) is 11.9. The third-order valence-corrected chi connectivity index (χ3v) is 8.26. The maximum absolute atomic E-state index is 4.15. The van der Waals surface area contributed by atoms with E-state index in [1.807, 2.05) is 6.08 Å². The lowest BCUT2D eigenvalue weighted by molar-refractivity contribution is 1.14. The zero-order chi connectivity index (χ0) is 29.1. The molecule has 0 aliphatic rings. The lowest BCUT2D eigenvalue weighted by Gasteiger charge is -2.15. The van der Waals surface area contributed by atoms with Crippen molar-refractivity contribution in [3.05, 3.63) is 150 Å². The van der Waals surface area contributed by atoms with Crippen molar-refractivity contribution in [3.8, 4) is 33.4 Å². The molecular weight excluding hydrogens is 504 g/mol. The van der Waals surface area contributed by atoms with E-state index in [1.165, 1.54) is 77.2 Å². The Labute approximate surface area is 250 Å². The average Bonchev–Trinajstić information content (AvgIpc) is 3.05. The normalized spacial score (nSPS) is 11.7. The molecule has 0 aliphatic carbocycles. The molecule has 0 N–H and O–H groups in total. The molecule has 0 atom stereocenters. The molecule has 42 heavy (non-hydrogen) atoms. The highest BCUT2D eigenvalue weighted by Crippen LogP contribution is 2.36. The van der Waals surface area contributed by atoms with Crippen molar-refractivity contribution in [2.75, 3.05) is 0 Å². The Hall–Kier alpha value is -4.94. The van der Waals surface area contributed by atoms with Gasteiger partial charge in [-0.1, -0.05) is 135 Å².